The van der Waals surface area contributed by atoms with Crippen molar-refractivity contribution >= 4 is 46.4 Å². The summed E-state index contributed by atoms with van der Waals surface area (Å²) < 4.78 is 18.5. The molecule has 2 aliphatic rings. The number of carbonyl (C=O) groups excluding carboxylic acids is 2. The molecule has 0 saturated heterocycles. The molecule has 176 valence electrons. The Balaban J connectivity index is 1.75. The van der Waals surface area contributed by atoms with Crippen molar-refractivity contribution in [3.8, 4) is 28.5 Å². The number of aromatic nitrogens is 2. The summed E-state index contributed by atoms with van der Waals surface area (Å²) in [5.41, 5.74) is -0.0636. The summed E-state index contributed by atoms with van der Waals surface area (Å²) in [6, 6.07) is 6.57. The second kappa shape index (κ2) is 7.90. The molecule has 0 fully saturated rings. The Bertz CT molecular complexity index is 1380. The van der Waals surface area contributed by atoms with Crippen LogP contribution in [0.4, 0.5) is 0 Å². The Morgan fingerprint density at radius 3 is 2.26 bits per heavy atom. The molecular weight excluding hydrogens is 503 g/mol. The highest BCUT2D eigenvalue weighted by atomic mass is 35.5. The number of aryl methyl sites for hydroxylation is 1. The molecule has 3 aromatic rings. The van der Waals surface area contributed by atoms with E-state index in [2.05, 4.69) is 5.10 Å². The van der Waals surface area contributed by atoms with Crippen LogP contribution >= 0.6 is 34.8 Å². The van der Waals surface area contributed by atoms with Crippen LogP contribution in [0.3, 0.4) is 0 Å². The standard InChI is InChI=1S/C24H19Cl3N2O5/c1-10-8-13-17(20(29(2)28-13)16-11(25)6-5-7-12(16)26)22(30)24(10)23(31)18-14(32-3)9-15(33-4)19(27)21(18)34-24/h5-7,9-10H,8H2,1-4H3/t10-,24+/m1/s1. The zero-order valence-electron chi connectivity index (χ0n) is 18.7. The van der Waals surface area contributed by atoms with E-state index in [0.717, 1.165) is 0 Å². The van der Waals surface area contributed by atoms with E-state index < -0.39 is 23.1 Å². The summed E-state index contributed by atoms with van der Waals surface area (Å²) in [6.07, 6.45) is 0.313. The molecule has 0 amide bonds. The van der Waals surface area contributed by atoms with Crippen molar-refractivity contribution < 1.29 is 23.8 Å². The van der Waals surface area contributed by atoms with Crippen LogP contribution < -0.4 is 14.2 Å². The number of carbonyl (C=O) groups is 2. The smallest absolute Gasteiger partial charge is 0.237 e. The highest BCUT2D eigenvalue weighted by molar-refractivity contribution is 6.40. The molecular formula is C24H19Cl3N2O5. The fourth-order valence-corrected chi connectivity index (χ4v) is 5.73. The van der Waals surface area contributed by atoms with Gasteiger partial charge in [-0.15, -0.1) is 0 Å². The van der Waals surface area contributed by atoms with Crippen LogP contribution in [0.25, 0.3) is 11.3 Å². The topological polar surface area (TPSA) is 79.7 Å². The van der Waals surface area contributed by atoms with Gasteiger partial charge in [-0.05, 0) is 18.6 Å². The van der Waals surface area contributed by atoms with Gasteiger partial charge in [-0.2, -0.15) is 5.10 Å². The van der Waals surface area contributed by atoms with E-state index in [4.69, 9.17) is 49.0 Å². The van der Waals surface area contributed by atoms with Crippen molar-refractivity contribution in [3.63, 3.8) is 0 Å². The summed E-state index contributed by atoms with van der Waals surface area (Å²) in [7, 11) is 4.56. The zero-order chi connectivity index (χ0) is 24.5. The molecule has 0 unspecified atom stereocenters. The van der Waals surface area contributed by atoms with Gasteiger partial charge < -0.3 is 14.2 Å². The molecule has 2 heterocycles. The number of Topliss-reactive ketones (excluding diaryl/α,β-unsaturated/α-hetero) is 2. The van der Waals surface area contributed by atoms with Gasteiger partial charge in [-0.1, -0.05) is 47.8 Å². The van der Waals surface area contributed by atoms with Gasteiger partial charge >= 0.3 is 0 Å². The molecule has 1 aliphatic carbocycles. The van der Waals surface area contributed by atoms with Crippen molar-refractivity contribution in [1.29, 1.82) is 0 Å². The second-order valence-corrected chi connectivity index (χ2v) is 9.48. The first-order valence-electron chi connectivity index (χ1n) is 10.4. The summed E-state index contributed by atoms with van der Waals surface area (Å²) in [6.45, 7) is 1.78. The molecule has 0 bridgehead atoms. The van der Waals surface area contributed by atoms with E-state index in [1.54, 1.807) is 36.9 Å². The minimum atomic E-state index is -1.84. The van der Waals surface area contributed by atoms with Gasteiger partial charge in [0, 0.05) is 24.6 Å². The lowest BCUT2D eigenvalue weighted by molar-refractivity contribution is 0.0259. The number of nitrogens with zero attached hydrogens (tertiary/aromatic N) is 2. The fraction of sp³-hybridized carbons (Fsp3) is 0.292. The largest absolute Gasteiger partial charge is 0.496 e. The van der Waals surface area contributed by atoms with E-state index in [1.807, 2.05) is 0 Å². The average molecular weight is 522 g/mol. The van der Waals surface area contributed by atoms with E-state index in [1.165, 1.54) is 20.3 Å². The lowest BCUT2D eigenvalue weighted by Gasteiger charge is -2.35. The first-order valence-corrected chi connectivity index (χ1v) is 11.5. The second-order valence-electron chi connectivity index (χ2n) is 8.29. The zero-order valence-corrected chi connectivity index (χ0v) is 20.9. The molecule has 2 aromatic carbocycles. The Morgan fingerprint density at radius 2 is 1.65 bits per heavy atom. The molecule has 0 saturated carbocycles. The van der Waals surface area contributed by atoms with Crippen LogP contribution in [-0.4, -0.2) is 41.2 Å². The first kappa shape index (κ1) is 23.0. The lowest BCUT2D eigenvalue weighted by atomic mass is 9.71. The molecule has 5 rings (SSSR count). The summed E-state index contributed by atoms with van der Waals surface area (Å²) >= 11 is 19.5. The number of benzene rings is 2. The Labute approximate surface area is 210 Å². The van der Waals surface area contributed by atoms with Crippen molar-refractivity contribution in [2.75, 3.05) is 14.2 Å². The number of ketones is 2. The summed E-state index contributed by atoms with van der Waals surface area (Å²) in [4.78, 5) is 28.1. The van der Waals surface area contributed by atoms with Crippen LogP contribution in [0.1, 0.15) is 33.3 Å². The van der Waals surface area contributed by atoms with E-state index >= 15 is 0 Å². The van der Waals surface area contributed by atoms with Crippen molar-refractivity contribution in [1.82, 2.24) is 9.78 Å². The van der Waals surface area contributed by atoms with Crippen LogP contribution in [0.15, 0.2) is 24.3 Å². The SMILES string of the molecule is COc1cc(OC)c2c(c1Cl)O[C@]1(C2=O)C(=O)c2c(nn(C)c2-c2c(Cl)cccc2Cl)C[C@H]1C. The molecule has 10 heteroatoms. The fourth-order valence-electron chi connectivity index (χ4n) is 4.89. The third-order valence-electron chi connectivity index (χ3n) is 6.50. The monoisotopic (exact) mass is 520 g/mol. The van der Waals surface area contributed by atoms with Gasteiger partial charge in [0.25, 0.3) is 0 Å². The van der Waals surface area contributed by atoms with Gasteiger partial charge in [-0.25, -0.2) is 0 Å². The quantitative estimate of drug-likeness (QED) is 0.426. The molecule has 0 N–H and O–H groups in total. The normalized spacial score (nSPS) is 20.9. The highest BCUT2D eigenvalue weighted by Gasteiger charge is 2.63. The third-order valence-corrected chi connectivity index (χ3v) is 7.48. The highest BCUT2D eigenvalue weighted by Crippen LogP contribution is 2.54. The predicted molar refractivity (Wildman–Crippen MR) is 128 cm³/mol. The Hall–Kier alpha value is -2.74. The Kier molecular flexibility index (Phi) is 5.35. The number of rotatable bonds is 3. The molecule has 1 aliphatic heterocycles. The molecule has 1 aromatic heterocycles. The van der Waals surface area contributed by atoms with Gasteiger partial charge in [0.2, 0.25) is 17.2 Å². The predicted octanol–water partition coefficient (Wildman–Crippen LogP) is 5.45. The van der Waals surface area contributed by atoms with Crippen LogP contribution in [-0.2, 0) is 13.5 Å². The minimum Gasteiger partial charge on any atom is -0.496 e. The van der Waals surface area contributed by atoms with Crippen molar-refractivity contribution in [2.45, 2.75) is 18.9 Å². The Morgan fingerprint density at radius 1 is 1.03 bits per heavy atom. The van der Waals surface area contributed by atoms with Crippen LogP contribution in [0.2, 0.25) is 15.1 Å². The number of fused-ring (bicyclic) bond motifs is 2. The van der Waals surface area contributed by atoms with Crippen LogP contribution in [0.5, 0.6) is 17.2 Å². The molecule has 7 nitrogen and oxygen atoms in total. The number of hydrogen-bond acceptors (Lipinski definition) is 6. The maximum absolute atomic E-state index is 14.2. The van der Waals surface area contributed by atoms with Gasteiger partial charge in [0.1, 0.15) is 22.1 Å². The van der Waals surface area contributed by atoms with Gasteiger partial charge in [0.05, 0.1) is 41.2 Å². The van der Waals surface area contributed by atoms with Gasteiger partial charge in [0.15, 0.2) is 5.75 Å². The third kappa shape index (κ3) is 2.87. The van der Waals surface area contributed by atoms with E-state index in [-0.39, 0.29) is 33.4 Å². The maximum Gasteiger partial charge on any atom is 0.237 e. The molecule has 0 radical (unpaired) electrons. The minimum absolute atomic E-state index is 0.0627. The van der Waals surface area contributed by atoms with Crippen LogP contribution in [0, 0.1) is 5.92 Å². The number of ether oxygens (including phenoxy) is 3. The maximum atomic E-state index is 14.2. The lowest BCUT2D eigenvalue weighted by Crippen LogP contribution is -2.56. The van der Waals surface area contributed by atoms with Crippen molar-refractivity contribution in [2.24, 2.45) is 13.0 Å². The van der Waals surface area contributed by atoms with Gasteiger partial charge in [-0.3, -0.25) is 14.3 Å². The van der Waals surface area contributed by atoms with E-state index in [0.29, 0.717) is 33.4 Å². The summed E-state index contributed by atoms with van der Waals surface area (Å²) in [5.74, 6) is -1.05. The molecule has 1 spiro atoms. The molecule has 34 heavy (non-hydrogen) atoms. The number of halogens is 3. The summed E-state index contributed by atoms with van der Waals surface area (Å²) in [5, 5.41) is 5.36. The number of hydrogen-bond donors (Lipinski definition) is 0. The van der Waals surface area contributed by atoms with E-state index in [9.17, 15) is 9.59 Å². The first-order chi connectivity index (χ1) is 16.2. The molecule has 2 atom stereocenters. The van der Waals surface area contributed by atoms with Crippen molar-refractivity contribution in [3.05, 3.63) is 56.2 Å². The average Bonchev–Trinajstić information content (AvgIpc) is 3.29. The number of methoxy groups -OCH3 is 2.